The summed E-state index contributed by atoms with van der Waals surface area (Å²) in [6, 6.07) is 17.0. The van der Waals surface area contributed by atoms with E-state index in [-0.39, 0.29) is 0 Å². The van der Waals surface area contributed by atoms with E-state index in [2.05, 4.69) is 10.1 Å². The Kier molecular flexibility index (Phi) is 4.41. The summed E-state index contributed by atoms with van der Waals surface area (Å²) in [5.74, 6) is 0. The first kappa shape index (κ1) is 17.3. The lowest BCUT2D eigenvalue weighted by Gasteiger charge is -2.23. The number of rotatable bonds is 6. The Morgan fingerprint density at radius 1 is 1.07 bits per heavy atom. The number of imidazole rings is 1. The smallest absolute Gasteiger partial charge is 0.232 e. The van der Waals surface area contributed by atoms with Crippen molar-refractivity contribution < 1.29 is 8.42 Å². The van der Waals surface area contributed by atoms with Gasteiger partial charge in [-0.2, -0.15) is 5.10 Å². The van der Waals surface area contributed by atoms with Crippen LogP contribution in [0.4, 0.5) is 5.69 Å². The Balaban J connectivity index is 1.64. The maximum atomic E-state index is 12.4. The summed E-state index contributed by atoms with van der Waals surface area (Å²) < 4.78 is 29.9. The van der Waals surface area contributed by atoms with Gasteiger partial charge in [0.1, 0.15) is 0 Å². The molecular formula is C19H19N5O2S. The van der Waals surface area contributed by atoms with Gasteiger partial charge in [0.15, 0.2) is 0 Å². The van der Waals surface area contributed by atoms with Crippen molar-refractivity contribution >= 4 is 26.7 Å². The normalized spacial score (nSPS) is 11.7. The first-order valence-corrected chi connectivity index (χ1v) is 10.3. The third-order valence-corrected chi connectivity index (χ3v) is 5.55. The van der Waals surface area contributed by atoms with E-state index in [4.69, 9.17) is 0 Å². The molecule has 2 heterocycles. The zero-order valence-corrected chi connectivity index (χ0v) is 15.6. The minimum Gasteiger partial charge on any atom is -0.329 e. The summed E-state index contributed by atoms with van der Waals surface area (Å²) in [6.45, 7) is 0.807. The highest BCUT2D eigenvalue weighted by atomic mass is 32.2. The number of hydrogen-bond donors (Lipinski definition) is 0. The van der Waals surface area contributed by atoms with Crippen LogP contribution < -0.4 is 4.31 Å². The van der Waals surface area contributed by atoms with Gasteiger partial charge in [-0.1, -0.05) is 18.2 Å². The van der Waals surface area contributed by atoms with Gasteiger partial charge in [-0.25, -0.2) is 18.1 Å². The van der Waals surface area contributed by atoms with Crippen molar-refractivity contribution in [2.24, 2.45) is 0 Å². The van der Waals surface area contributed by atoms with Crippen LogP contribution in [0.3, 0.4) is 0 Å². The van der Waals surface area contributed by atoms with Gasteiger partial charge in [0.25, 0.3) is 0 Å². The van der Waals surface area contributed by atoms with Crippen LogP contribution >= 0.6 is 0 Å². The number of aromatic nitrogens is 4. The van der Waals surface area contributed by atoms with Gasteiger partial charge >= 0.3 is 0 Å². The molecule has 0 atom stereocenters. The number of benzene rings is 2. The van der Waals surface area contributed by atoms with Gasteiger partial charge in [0, 0.05) is 18.9 Å². The molecule has 2 aromatic heterocycles. The van der Waals surface area contributed by atoms with E-state index in [1.165, 1.54) is 10.6 Å². The van der Waals surface area contributed by atoms with Gasteiger partial charge in [-0.05, 0) is 36.4 Å². The molecule has 0 aliphatic carbocycles. The number of anilines is 1. The molecule has 0 amide bonds. The van der Waals surface area contributed by atoms with Crippen LogP contribution in [-0.4, -0.2) is 40.5 Å². The quantitative estimate of drug-likeness (QED) is 0.515. The molecule has 0 unspecified atom stereocenters. The molecule has 138 valence electrons. The fraction of sp³-hybridized carbons (Fsp3) is 0.158. The highest BCUT2D eigenvalue weighted by Gasteiger charge is 2.18. The van der Waals surface area contributed by atoms with Crippen molar-refractivity contribution in [2.45, 2.75) is 6.54 Å². The van der Waals surface area contributed by atoms with E-state index in [9.17, 15) is 8.42 Å². The summed E-state index contributed by atoms with van der Waals surface area (Å²) in [5, 5.41) is 4.21. The van der Waals surface area contributed by atoms with Crippen molar-refractivity contribution in [3.8, 4) is 5.69 Å². The third-order valence-electron chi connectivity index (χ3n) is 4.36. The standard InChI is InChI=1S/C19H19N5O2S/c1-27(25,26)24(13-12-22-15-20-18-8-2-3-9-19(18)22)17-7-4-6-16(14-17)23-11-5-10-21-23/h2-11,14-15H,12-13H2,1H3. The minimum atomic E-state index is -3.44. The third kappa shape index (κ3) is 3.56. The molecule has 0 aliphatic rings. The van der Waals surface area contributed by atoms with Crippen LogP contribution in [-0.2, 0) is 16.6 Å². The zero-order chi connectivity index (χ0) is 18.9. The summed E-state index contributed by atoms with van der Waals surface area (Å²) in [6.07, 6.45) is 6.47. The molecule has 0 spiro atoms. The summed E-state index contributed by atoms with van der Waals surface area (Å²) in [7, 11) is -3.44. The second-order valence-corrected chi connectivity index (χ2v) is 8.14. The van der Waals surface area contributed by atoms with Crippen LogP contribution in [0.5, 0.6) is 0 Å². The molecule has 0 saturated carbocycles. The van der Waals surface area contributed by atoms with Crippen LogP contribution in [0.25, 0.3) is 16.7 Å². The average molecular weight is 381 g/mol. The lowest BCUT2D eigenvalue weighted by Crippen LogP contribution is -2.33. The molecule has 4 rings (SSSR count). The lowest BCUT2D eigenvalue weighted by atomic mass is 10.2. The van der Waals surface area contributed by atoms with E-state index in [1.54, 1.807) is 23.3 Å². The van der Waals surface area contributed by atoms with Gasteiger partial charge < -0.3 is 4.57 Å². The van der Waals surface area contributed by atoms with Gasteiger partial charge in [0.2, 0.25) is 10.0 Å². The molecule has 7 nitrogen and oxygen atoms in total. The van der Waals surface area contributed by atoms with Crippen molar-refractivity contribution in [1.29, 1.82) is 0 Å². The predicted molar refractivity (Wildman–Crippen MR) is 105 cm³/mol. The number of hydrogen-bond acceptors (Lipinski definition) is 4. The fourth-order valence-corrected chi connectivity index (χ4v) is 4.00. The van der Waals surface area contributed by atoms with Gasteiger partial charge in [-0.3, -0.25) is 4.31 Å². The molecule has 8 heteroatoms. The highest BCUT2D eigenvalue weighted by molar-refractivity contribution is 7.92. The van der Waals surface area contributed by atoms with E-state index >= 15 is 0 Å². The molecule has 4 aromatic rings. The minimum absolute atomic E-state index is 0.307. The molecule has 0 radical (unpaired) electrons. The van der Waals surface area contributed by atoms with Crippen LogP contribution in [0.1, 0.15) is 0 Å². The van der Waals surface area contributed by atoms with Crippen LogP contribution in [0, 0.1) is 0 Å². The molecule has 0 N–H and O–H groups in total. The molecule has 0 aliphatic heterocycles. The Labute approximate surface area is 157 Å². The first-order valence-electron chi connectivity index (χ1n) is 8.50. The van der Waals surface area contributed by atoms with E-state index < -0.39 is 10.0 Å². The zero-order valence-electron chi connectivity index (χ0n) is 14.8. The van der Waals surface area contributed by atoms with E-state index in [0.29, 0.717) is 18.8 Å². The maximum Gasteiger partial charge on any atom is 0.232 e. The lowest BCUT2D eigenvalue weighted by molar-refractivity contribution is 0.592. The topological polar surface area (TPSA) is 73.0 Å². The number of para-hydroxylation sites is 2. The Bertz CT molecular complexity index is 1170. The van der Waals surface area contributed by atoms with Crippen molar-refractivity contribution in [1.82, 2.24) is 19.3 Å². The van der Waals surface area contributed by atoms with Crippen molar-refractivity contribution in [3.63, 3.8) is 0 Å². The highest BCUT2D eigenvalue weighted by Crippen LogP contribution is 2.21. The number of nitrogens with zero attached hydrogens (tertiary/aromatic N) is 5. The SMILES string of the molecule is CS(=O)(=O)N(CCn1cnc2ccccc21)c1cccc(-n2cccn2)c1. The predicted octanol–water partition coefficient (Wildman–Crippen LogP) is 2.69. The maximum absolute atomic E-state index is 12.4. The van der Waals surface area contributed by atoms with Crippen molar-refractivity contribution in [2.75, 3.05) is 17.1 Å². The molecule has 0 fully saturated rings. The Morgan fingerprint density at radius 2 is 1.93 bits per heavy atom. The van der Waals surface area contributed by atoms with E-state index in [0.717, 1.165) is 16.7 Å². The summed E-state index contributed by atoms with van der Waals surface area (Å²) >= 11 is 0. The Morgan fingerprint density at radius 3 is 2.70 bits per heavy atom. The monoisotopic (exact) mass is 381 g/mol. The number of fused-ring (bicyclic) bond motifs is 1. The largest absolute Gasteiger partial charge is 0.329 e. The molecular weight excluding hydrogens is 362 g/mol. The fourth-order valence-electron chi connectivity index (χ4n) is 3.09. The van der Waals surface area contributed by atoms with Crippen LogP contribution in [0.15, 0.2) is 73.3 Å². The second-order valence-electron chi connectivity index (χ2n) is 6.23. The Hall–Kier alpha value is -3.13. The van der Waals surface area contributed by atoms with E-state index in [1.807, 2.05) is 59.3 Å². The van der Waals surface area contributed by atoms with Gasteiger partial charge in [0.05, 0.1) is 41.5 Å². The summed E-state index contributed by atoms with van der Waals surface area (Å²) in [4.78, 5) is 4.36. The molecule has 0 saturated heterocycles. The molecule has 0 bridgehead atoms. The first-order chi connectivity index (χ1) is 13.0. The summed E-state index contributed by atoms with van der Waals surface area (Å²) in [5.41, 5.74) is 3.29. The molecule has 27 heavy (non-hydrogen) atoms. The van der Waals surface area contributed by atoms with Crippen LogP contribution in [0.2, 0.25) is 0 Å². The number of sulfonamides is 1. The van der Waals surface area contributed by atoms with Gasteiger partial charge in [-0.15, -0.1) is 0 Å². The molecule has 2 aromatic carbocycles. The van der Waals surface area contributed by atoms with Crippen molar-refractivity contribution in [3.05, 3.63) is 73.3 Å². The average Bonchev–Trinajstić information content (AvgIpc) is 3.31. The second kappa shape index (κ2) is 6.88.